The first-order chi connectivity index (χ1) is 7.09. The summed E-state index contributed by atoms with van der Waals surface area (Å²) >= 11 is 0. The van der Waals surface area contributed by atoms with Crippen molar-refractivity contribution in [3.05, 3.63) is 24.1 Å². The van der Waals surface area contributed by atoms with Crippen LogP contribution in [0.15, 0.2) is 18.2 Å². The van der Waals surface area contributed by atoms with Crippen LogP contribution in [0.2, 0.25) is 0 Å². The van der Waals surface area contributed by atoms with Gasteiger partial charge in [-0.25, -0.2) is 4.98 Å². The van der Waals surface area contributed by atoms with E-state index in [4.69, 9.17) is 0 Å². The van der Waals surface area contributed by atoms with Crippen molar-refractivity contribution in [3.63, 3.8) is 0 Å². The smallest absolute Gasteiger partial charge is 0.214 e. The minimum atomic E-state index is -0.807. The molecular formula is C10H15FN2OS. The zero-order chi connectivity index (χ0) is 11.3. The molecule has 0 amide bonds. The fraction of sp³-hybridized carbons (Fsp3) is 0.500. The molecular weight excluding hydrogens is 215 g/mol. The molecule has 15 heavy (non-hydrogen) atoms. The molecule has 1 rings (SSSR count). The van der Waals surface area contributed by atoms with E-state index in [1.807, 2.05) is 6.92 Å². The summed E-state index contributed by atoms with van der Waals surface area (Å²) < 4.78 is 23.7. The highest BCUT2D eigenvalue weighted by Gasteiger charge is 2.05. The second-order valence-corrected chi connectivity index (χ2v) is 5.17. The number of nitrogens with one attached hydrogen (secondary N) is 1. The van der Waals surface area contributed by atoms with E-state index in [1.54, 1.807) is 18.4 Å². The van der Waals surface area contributed by atoms with Crippen molar-refractivity contribution in [1.29, 1.82) is 0 Å². The van der Waals surface area contributed by atoms with Crippen LogP contribution in [-0.4, -0.2) is 27.2 Å². The molecule has 0 fully saturated rings. The van der Waals surface area contributed by atoms with Crippen molar-refractivity contribution < 1.29 is 8.60 Å². The highest BCUT2D eigenvalue weighted by Crippen LogP contribution is 2.05. The lowest BCUT2D eigenvalue weighted by molar-refractivity contribution is 0.585. The molecule has 2 unspecified atom stereocenters. The monoisotopic (exact) mass is 230 g/mol. The minimum Gasteiger partial charge on any atom is -0.370 e. The van der Waals surface area contributed by atoms with Gasteiger partial charge >= 0.3 is 0 Å². The van der Waals surface area contributed by atoms with Gasteiger partial charge in [-0.05, 0) is 18.6 Å². The van der Waals surface area contributed by atoms with Gasteiger partial charge in [-0.15, -0.1) is 0 Å². The van der Waals surface area contributed by atoms with E-state index in [2.05, 4.69) is 10.3 Å². The second-order valence-electron chi connectivity index (χ2n) is 3.37. The van der Waals surface area contributed by atoms with E-state index < -0.39 is 16.7 Å². The number of rotatable bonds is 5. The van der Waals surface area contributed by atoms with Crippen molar-refractivity contribution in [2.24, 2.45) is 0 Å². The molecule has 3 nitrogen and oxygen atoms in total. The summed E-state index contributed by atoms with van der Waals surface area (Å²) in [4.78, 5) is 3.66. The van der Waals surface area contributed by atoms with Gasteiger partial charge in [-0.3, -0.25) is 4.21 Å². The Labute approximate surface area is 91.6 Å². The number of anilines is 1. The molecule has 1 aromatic heterocycles. The molecule has 0 bridgehead atoms. The molecule has 1 heterocycles. The first-order valence-corrected chi connectivity index (χ1v) is 6.40. The van der Waals surface area contributed by atoms with Crippen LogP contribution in [0.4, 0.5) is 10.2 Å². The number of hydrogen-bond acceptors (Lipinski definition) is 3. The van der Waals surface area contributed by atoms with Crippen LogP contribution in [0.1, 0.15) is 13.3 Å². The molecule has 0 aliphatic carbocycles. The van der Waals surface area contributed by atoms with Crippen LogP contribution >= 0.6 is 0 Å². The third-order valence-corrected chi connectivity index (χ3v) is 3.51. The van der Waals surface area contributed by atoms with Crippen molar-refractivity contribution in [2.45, 2.75) is 18.6 Å². The van der Waals surface area contributed by atoms with E-state index in [-0.39, 0.29) is 5.25 Å². The Morgan fingerprint density at radius 1 is 1.60 bits per heavy atom. The summed E-state index contributed by atoms with van der Waals surface area (Å²) in [5.74, 6) is 0.0243. The lowest BCUT2D eigenvalue weighted by Crippen LogP contribution is -2.15. The predicted octanol–water partition coefficient (Wildman–Crippen LogP) is 1.79. The summed E-state index contributed by atoms with van der Waals surface area (Å²) in [6.45, 7) is 2.58. The molecule has 0 spiro atoms. The first kappa shape index (κ1) is 12.1. The average Bonchev–Trinajstić information content (AvgIpc) is 2.17. The van der Waals surface area contributed by atoms with Crippen LogP contribution in [0.5, 0.6) is 0 Å². The zero-order valence-corrected chi connectivity index (χ0v) is 9.68. The van der Waals surface area contributed by atoms with Gasteiger partial charge in [0, 0.05) is 28.9 Å². The van der Waals surface area contributed by atoms with E-state index in [0.717, 1.165) is 6.42 Å². The third kappa shape index (κ3) is 4.38. The molecule has 0 aromatic carbocycles. The van der Waals surface area contributed by atoms with Crippen LogP contribution in [-0.2, 0) is 10.8 Å². The van der Waals surface area contributed by atoms with Crippen LogP contribution in [0.3, 0.4) is 0 Å². The average molecular weight is 230 g/mol. The molecule has 0 aliphatic rings. The summed E-state index contributed by atoms with van der Waals surface area (Å²) in [5.41, 5.74) is 0. The number of nitrogens with zero attached hydrogens (tertiary/aromatic N) is 1. The van der Waals surface area contributed by atoms with Crippen molar-refractivity contribution in [1.82, 2.24) is 4.98 Å². The van der Waals surface area contributed by atoms with Gasteiger partial charge in [0.15, 0.2) is 0 Å². The normalized spacial score (nSPS) is 14.6. The largest absolute Gasteiger partial charge is 0.370 e. The van der Waals surface area contributed by atoms with Gasteiger partial charge in [0.25, 0.3) is 0 Å². The zero-order valence-electron chi connectivity index (χ0n) is 8.87. The van der Waals surface area contributed by atoms with Crippen LogP contribution in [0, 0.1) is 5.95 Å². The highest BCUT2D eigenvalue weighted by atomic mass is 32.2. The molecule has 0 aliphatic heterocycles. The number of hydrogen-bond donors (Lipinski definition) is 1. The quantitative estimate of drug-likeness (QED) is 0.784. The van der Waals surface area contributed by atoms with Crippen molar-refractivity contribution in [2.75, 3.05) is 18.1 Å². The van der Waals surface area contributed by atoms with Crippen molar-refractivity contribution >= 4 is 16.6 Å². The van der Waals surface area contributed by atoms with E-state index in [0.29, 0.717) is 12.4 Å². The van der Waals surface area contributed by atoms with Gasteiger partial charge in [0.1, 0.15) is 5.82 Å². The second kappa shape index (κ2) is 5.80. The third-order valence-electron chi connectivity index (χ3n) is 2.14. The van der Waals surface area contributed by atoms with Gasteiger partial charge in [0.05, 0.1) is 0 Å². The Bertz CT molecular complexity index is 346. The predicted molar refractivity (Wildman–Crippen MR) is 60.8 cm³/mol. The number of halogens is 1. The Kier molecular flexibility index (Phi) is 4.68. The molecule has 1 aromatic rings. The highest BCUT2D eigenvalue weighted by molar-refractivity contribution is 7.84. The molecule has 0 radical (unpaired) electrons. The maximum Gasteiger partial charge on any atom is 0.214 e. The standard InChI is InChI=1S/C10H15FN2OS/c1-8(15(2)14)6-7-12-10-5-3-4-9(11)13-10/h3-5,8H,6-7H2,1-2H3,(H,12,13). The van der Waals surface area contributed by atoms with E-state index in [9.17, 15) is 8.60 Å². The maximum absolute atomic E-state index is 12.7. The SMILES string of the molecule is CC(CCNc1cccc(F)n1)S(C)=O. The Morgan fingerprint density at radius 2 is 2.33 bits per heavy atom. The Morgan fingerprint density at radius 3 is 2.93 bits per heavy atom. The van der Waals surface area contributed by atoms with Crippen LogP contribution < -0.4 is 5.32 Å². The minimum absolute atomic E-state index is 0.144. The summed E-state index contributed by atoms with van der Waals surface area (Å²) in [6, 6.07) is 4.61. The molecule has 84 valence electrons. The first-order valence-electron chi connectivity index (χ1n) is 4.78. The topological polar surface area (TPSA) is 42.0 Å². The van der Waals surface area contributed by atoms with Gasteiger partial charge < -0.3 is 5.32 Å². The Hall–Kier alpha value is -0.970. The number of pyridine rings is 1. The van der Waals surface area contributed by atoms with Crippen LogP contribution in [0.25, 0.3) is 0 Å². The molecule has 2 atom stereocenters. The van der Waals surface area contributed by atoms with Gasteiger partial charge in [0.2, 0.25) is 5.95 Å². The molecule has 0 saturated carbocycles. The summed E-state index contributed by atoms with van der Waals surface area (Å²) in [7, 11) is -0.807. The Balaban J connectivity index is 2.35. The molecule has 5 heteroatoms. The summed E-state index contributed by atoms with van der Waals surface area (Å²) in [6.07, 6.45) is 2.46. The summed E-state index contributed by atoms with van der Waals surface area (Å²) in [5, 5.41) is 3.13. The van der Waals surface area contributed by atoms with E-state index >= 15 is 0 Å². The lowest BCUT2D eigenvalue weighted by atomic mass is 10.3. The molecule has 1 N–H and O–H groups in total. The molecule has 0 saturated heterocycles. The lowest BCUT2D eigenvalue weighted by Gasteiger charge is -2.09. The van der Waals surface area contributed by atoms with Gasteiger partial charge in [-0.1, -0.05) is 13.0 Å². The van der Waals surface area contributed by atoms with Crippen molar-refractivity contribution in [3.8, 4) is 0 Å². The van der Waals surface area contributed by atoms with Gasteiger partial charge in [-0.2, -0.15) is 4.39 Å². The number of aromatic nitrogens is 1. The maximum atomic E-state index is 12.7. The fourth-order valence-electron chi connectivity index (χ4n) is 1.08. The fourth-order valence-corrected chi connectivity index (χ4v) is 1.53. The van der Waals surface area contributed by atoms with E-state index in [1.165, 1.54) is 6.07 Å².